The Kier molecular flexibility index (Phi) is 3.22. The van der Waals surface area contributed by atoms with Crippen molar-refractivity contribution in [3.05, 3.63) is 28.8 Å². The molecule has 1 rings (SSSR count). The van der Waals surface area contributed by atoms with E-state index in [-0.39, 0.29) is 0 Å². The highest BCUT2D eigenvalue weighted by molar-refractivity contribution is 7.80. The molecule has 1 aromatic rings. The molecule has 4 heteroatoms. The number of aliphatic carboxylic acids is 1. The molecule has 1 unspecified atom stereocenters. The summed E-state index contributed by atoms with van der Waals surface area (Å²) in [4.78, 5) is 11.3. The van der Waals surface area contributed by atoms with E-state index in [9.17, 15) is 4.79 Å². The minimum absolute atomic E-state index is 0.480. The van der Waals surface area contributed by atoms with Gasteiger partial charge in [-0.15, -0.1) is 12.6 Å². The molecule has 0 saturated heterocycles. The Balaban J connectivity index is 3.03. The Bertz CT molecular complexity index is 338. The van der Waals surface area contributed by atoms with Crippen molar-refractivity contribution < 1.29 is 9.90 Å². The summed E-state index contributed by atoms with van der Waals surface area (Å²) in [7, 11) is 0. The van der Waals surface area contributed by atoms with Crippen molar-refractivity contribution in [1.29, 1.82) is 0 Å². The smallest absolute Gasteiger partial charge is 0.310 e. The molecule has 1 atom stereocenters. The molecule has 0 aliphatic rings. The first-order valence-corrected chi connectivity index (χ1v) is 4.56. The SMILES string of the molecule is CC(C(=O)O)c1ccc(S)c(Cl)c1. The maximum atomic E-state index is 10.6. The lowest BCUT2D eigenvalue weighted by atomic mass is 10.0. The van der Waals surface area contributed by atoms with Crippen molar-refractivity contribution >= 4 is 30.2 Å². The van der Waals surface area contributed by atoms with E-state index in [1.54, 1.807) is 25.1 Å². The third-order valence-corrected chi connectivity index (χ3v) is 2.68. The fourth-order valence-corrected chi connectivity index (χ4v) is 1.26. The first-order valence-electron chi connectivity index (χ1n) is 3.73. The number of carboxylic acid groups (broad SMARTS) is 1. The summed E-state index contributed by atoms with van der Waals surface area (Å²) in [5.74, 6) is -1.39. The summed E-state index contributed by atoms with van der Waals surface area (Å²) in [5, 5.41) is 9.21. The maximum Gasteiger partial charge on any atom is 0.310 e. The second-order valence-electron chi connectivity index (χ2n) is 2.77. The molecule has 0 spiro atoms. The van der Waals surface area contributed by atoms with Crippen molar-refractivity contribution in [2.45, 2.75) is 17.7 Å². The van der Waals surface area contributed by atoms with Gasteiger partial charge < -0.3 is 5.11 Å². The van der Waals surface area contributed by atoms with Crippen molar-refractivity contribution in [2.75, 3.05) is 0 Å². The molecule has 1 N–H and O–H groups in total. The van der Waals surface area contributed by atoms with Crippen LogP contribution < -0.4 is 0 Å². The van der Waals surface area contributed by atoms with Crippen LogP contribution in [0.15, 0.2) is 23.1 Å². The van der Waals surface area contributed by atoms with E-state index in [0.29, 0.717) is 15.5 Å². The molecule has 0 heterocycles. The first kappa shape index (κ1) is 10.4. The van der Waals surface area contributed by atoms with E-state index in [1.807, 2.05) is 0 Å². The van der Waals surface area contributed by atoms with Crippen LogP contribution in [0.1, 0.15) is 18.4 Å². The van der Waals surface area contributed by atoms with Crippen LogP contribution in [0.25, 0.3) is 0 Å². The zero-order chi connectivity index (χ0) is 10.0. The molecular weight excluding hydrogens is 208 g/mol. The van der Waals surface area contributed by atoms with E-state index in [2.05, 4.69) is 12.6 Å². The summed E-state index contributed by atoms with van der Waals surface area (Å²) < 4.78 is 0. The van der Waals surface area contributed by atoms with Gasteiger partial charge >= 0.3 is 5.97 Å². The number of benzene rings is 1. The largest absolute Gasteiger partial charge is 0.481 e. The van der Waals surface area contributed by atoms with Gasteiger partial charge in [-0.1, -0.05) is 17.7 Å². The van der Waals surface area contributed by atoms with Crippen LogP contribution in [-0.4, -0.2) is 11.1 Å². The highest BCUT2D eigenvalue weighted by Gasteiger charge is 2.13. The number of carboxylic acids is 1. The molecular formula is C9H9ClO2S. The van der Waals surface area contributed by atoms with E-state index in [0.717, 1.165) is 0 Å². The third-order valence-electron chi connectivity index (χ3n) is 1.84. The van der Waals surface area contributed by atoms with Crippen molar-refractivity contribution in [1.82, 2.24) is 0 Å². The standard InChI is InChI=1S/C9H9ClO2S/c1-5(9(11)12)6-2-3-8(13)7(10)4-6/h2-5,13H,1H3,(H,11,12). The third kappa shape index (κ3) is 2.39. The van der Waals surface area contributed by atoms with Crippen LogP contribution in [0.3, 0.4) is 0 Å². The van der Waals surface area contributed by atoms with E-state index in [1.165, 1.54) is 0 Å². The van der Waals surface area contributed by atoms with Crippen molar-refractivity contribution in [3.63, 3.8) is 0 Å². The van der Waals surface area contributed by atoms with Crippen LogP contribution in [0.4, 0.5) is 0 Å². The first-order chi connectivity index (χ1) is 6.02. The van der Waals surface area contributed by atoms with Crippen LogP contribution in [-0.2, 0) is 4.79 Å². The van der Waals surface area contributed by atoms with Gasteiger partial charge in [0.1, 0.15) is 0 Å². The minimum atomic E-state index is -0.858. The second-order valence-corrected chi connectivity index (χ2v) is 3.66. The molecule has 0 saturated carbocycles. The summed E-state index contributed by atoms with van der Waals surface area (Å²) in [6.07, 6.45) is 0. The van der Waals surface area contributed by atoms with Gasteiger partial charge in [-0.2, -0.15) is 0 Å². The Labute approximate surface area is 86.9 Å². The van der Waals surface area contributed by atoms with Gasteiger partial charge in [0.2, 0.25) is 0 Å². The van der Waals surface area contributed by atoms with Gasteiger partial charge in [0.15, 0.2) is 0 Å². The van der Waals surface area contributed by atoms with Crippen LogP contribution in [0.5, 0.6) is 0 Å². The lowest BCUT2D eigenvalue weighted by Crippen LogP contribution is -2.07. The number of hydrogen-bond donors (Lipinski definition) is 2. The molecule has 0 amide bonds. The molecule has 0 aliphatic heterocycles. The van der Waals surface area contributed by atoms with Crippen molar-refractivity contribution in [2.24, 2.45) is 0 Å². The van der Waals surface area contributed by atoms with E-state index >= 15 is 0 Å². The molecule has 2 nitrogen and oxygen atoms in total. The predicted octanol–water partition coefficient (Wildman–Crippen LogP) is 2.82. The molecule has 0 bridgehead atoms. The normalized spacial score (nSPS) is 12.5. The summed E-state index contributed by atoms with van der Waals surface area (Å²) in [5.41, 5.74) is 0.690. The molecule has 0 radical (unpaired) electrons. The minimum Gasteiger partial charge on any atom is -0.481 e. The highest BCUT2D eigenvalue weighted by atomic mass is 35.5. The Hall–Kier alpha value is -0.670. The lowest BCUT2D eigenvalue weighted by Gasteiger charge is -2.07. The number of halogens is 1. The zero-order valence-corrected chi connectivity index (χ0v) is 8.64. The monoisotopic (exact) mass is 216 g/mol. The summed E-state index contributed by atoms with van der Waals surface area (Å²) in [6.45, 7) is 1.62. The van der Waals surface area contributed by atoms with E-state index in [4.69, 9.17) is 16.7 Å². The highest BCUT2D eigenvalue weighted by Crippen LogP contribution is 2.25. The topological polar surface area (TPSA) is 37.3 Å². The van der Waals surface area contributed by atoms with Gasteiger partial charge in [0.05, 0.1) is 10.9 Å². The van der Waals surface area contributed by atoms with E-state index < -0.39 is 11.9 Å². The Morgan fingerprint density at radius 1 is 1.62 bits per heavy atom. The molecule has 0 aliphatic carbocycles. The van der Waals surface area contributed by atoms with Gasteiger partial charge in [-0.05, 0) is 24.6 Å². The van der Waals surface area contributed by atoms with Gasteiger partial charge in [-0.3, -0.25) is 4.79 Å². The number of thiol groups is 1. The maximum absolute atomic E-state index is 10.6. The molecule has 0 aromatic heterocycles. The Morgan fingerprint density at radius 2 is 2.23 bits per heavy atom. The van der Waals surface area contributed by atoms with Gasteiger partial charge in [0, 0.05) is 4.90 Å². The van der Waals surface area contributed by atoms with Gasteiger partial charge in [0.25, 0.3) is 0 Å². The summed E-state index contributed by atoms with van der Waals surface area (Å²) in [6, 6.07) is 5.04. The molecule has 13 heavy (non-hydrogen) atoms. The summed E-state index contributed by atoms with van der Waals surface area (Å²) >= 11 is 9.88. The average molecular weight is 217 g/mol. The van der Waals surface area contributed by atoms with Crippen LogP contribution in [0.2, 0.25) is 5.02 Å². The number of hydrogen-bond acceptors (Lipinski definition) is 2. The lowest BCUT2D eigenvalue weighted by molar-refractivity contribution is -0.138. The van der Waals surface area contributed by atoms with Crippen LogP contribution in [0, 0.1) is 0 Å². The fourth-order valence-electron chi connectivity index (χ4n) is 0.935. The quantitative estimate of drug-likeness (QED) is 0.746. The van der Waals surface area contributed by atoms with Crippen LogP contribution >= 0.6 is 24.2 Å². The predicted molar refractivity (Wildman–Crippen MR) is 54.8 cm³/mol. The Morgan fingerprint density at radius 3 is 2.69 bits per heavy atom. The molecule has 0 fully saturated rings. The second kappa shape index (κ2) is 4.03. The average Bonchev–Trinajstić information content (AvgIpc) is 2.08. The number of carbonyl (C=O) groups is 1. The zero-order valence-electron chi connectivity index (χ0n) is 6.99. The van der Waals surface area contributed by atoms with Gasteiger partial charge in [-0.25, -0.2) is 0 Å². The molecule has 70 valence electrons. The number of rotatable bonds is 2. The molecule has 1 aromatic carbocycles. The van der Waals surface area contributed by atoms with Crippen molar-refractivity contribution in [3.8, 4) is 0 Å². The fraction of sp³-hybridized carbons (Fsp3) is 0.222.